The molecule has 3 aliphatic rings. The Morgan fingerprint density at radius 2 is 1.74 bits per heavy atom. The fourth-order valence-corrected chi connectivity index (χ4v) is 9.41. The number of hydrogen-bond acceptors (Lipinski definition) is 5. The Morgan fingerprint density at radius 1 is 1.03 bits per heavy atom. The van der Waals surface area contributed by atoms with Crippen LogP contribution in [0.15, 0.2) is 72.8 Å². The lowest BCUT2D eigenvalue weighted by atomic mass is 9.66. The summed E-state index contributed by atoms with van der Waals surface area (Å²) in [4.78, 5) is 43.3. The minimum absolute atomic E-state index is 0.171. The van der Waals surface area contributed by atoms with E-state index in [-0.39, 0.29) is 24.3 Å². The molecule has 3 amide bonds. The molecule has 2 unspecified atom stereocenters. The van der Waals surface area contributed by atoms with Gasteiger partial charge in [0.15, 0.2) is 0 Å². The van der Waals surface area contributed by atoms with Gasteiger partial charge in [0.25, 0.3) is 0 Å². The summed E-state index contributed by atoms with van der Waals surface area (Å²) in [5.41, 5.74) is 1.40. The smallest absolute Gasteiger partial charge is 0.248 e. The number of aliphatic hydroxyl groups excluding tert-OH is 1. The molecule has 0 aliphatic carbocycles. The van der Waals surface area contributed by atoms with Crippen LogP contribution in [0, 0.1) is 11.8 Å². The first-order valence-electron chi connectivity index (χ1n) is 13.0. The van der Waals surface area contributed by atoms with Crippen molar-refractivity contribution in [2.24, 2.45) is 11.8 Å². The van der Waals surface area contributed by atoms with E-state index in [9.17, 15) is 19.5 Å². The average molecular weight is 530 g/mol. The maximum Gasteiger partial charge on any atom is 0.248 e. The zero-order valence-electron chi connectivity index (χ0n) is 21.4. The van der Waals surface area contributed by atoms with Crippen LogP contribution in [-0.2, 0) is 14.4 Å². The first-order chi connectivity index (χ1) is 18.3. The summed E-state index contributed by atoms with van der Waals surface area (Å²) in [5.74, 6) is -1.89. The first-order valence-corrected chi connectivity index (χ1v) is 13.8. The van der Waals surface area contributed by atoms with E-state index in [4.69, 9.17) is 0 Å². The van der Waals surface area contributed by atoms with Gasteiger partial charge in [-0.3, -0.25) is 14.4 Å². The van der Waals surface area contributed by atoms with E-state index in [1.807, 2.05) is 79.7 Å². The Balaban J connectivity index is 1.45. The summed E-state index contributed by atoms with van der Waals surface area (Å²) in [6.07, 6.45) is 1.39. The van der Waals surface area contributed by atoms with Crippen LogP contribution in [0.25, 0.3) is 10.8 Å². The molecular formula is C30H31N3O4S. The van der Waals surface area contributed by atoms with Crippen LogP contribution in [0.5, 0.6) is 0 Å². The maximum absolute atomic E-state index is 14.3. The largest absolute Gasteiger partial charge is 0.394 e. The van der Waals surface area contributed by atoms with E-state index < -0.39 is 33.4 Å². The molecule has 3 saturated heterocycles. The second-order valence-corrected chi connectivity index (χ2v) is 12.6. The van der Waals surface area contributed by atoms with Crippen molar-refractivity contribution in [2.45, 2.75) is 41.3 Å². The number of likely N-dealkylation sites (tertiary alicyclic amines) is 1. The van der Waals surface area contributed by atoms with Crippen LogP contribution < -0.4 is 10.6 Å². The Bertz CT molecular complexity index is 1430. The highest BCUT2D eigenvalue weighted by Gasteiger charge is 2.77. The molecule has 3 aromatic rings. The molecule has 7 nitrogen and oxygen atoms in total. The standard InChI is InChI=1S/C30H31N3O4S/c1-29-14-15-30(38-29)24(23(29)26(35)31-2)28(37)33(22(17-34)19-9-4-3-5-10-19)25(30)27(36)32-21-13-12-18-8-6-7-11-20(18)16-21/h3-13,16,22-25,34H,14-15,17H2,1-2H3,(H,31,35)(H,32,36)/t22-,23-,24+,25?,29+,30?/m1/s1. The second kappa shape index (κ2) is 9.13. The van der Waals surface area contributed by atoms with Crippen LogP contribution >= 0.6 is 11.8 Å². The number of carbonyl (C=O) groups excluding carboxylic acids is 3. The quantitative estimate of drug-likeness (QED) is 0.452. The van der Waals surface area contributed by atoms with Crippen LogP contribution in [0.3, 0.4) is 0 Å². The molecule has 1 spiro atoms. The molecule has 196 valence electrons. The summed E-state index contributed by atoms with van der Waals surface area (Å²) < 4.78 is -1.19. The van der Waals surface area contributed by atoms with Gasteiger partial charge < -0.3 is 20.6 Å². The van der Waals surface area contributed by atoms with Gasteiger partial charge in [0.2, 0.25) is 17.7 Å². The Hall–Kier alpha value is -3.36. The third kappa shape index (κ3) is 3.57. The van der Waals surface area contributed by atoms with Gasteiger partial charge in [-0.25, -0.2) is 0 Å². The normalized spacial score (nSPS) is 30.3. The summed E-state index contributed by atoms with van der Waals surface area (Å²) in [5, 5.41) is 18.5. The Labute approximate surface area is 226 Å². The zero-order valence-corrected chi connectivity index (χ0v) is 22.2. The van der Waals surface area contributed by atoms with Gasteiger partial charge in [0, 0.05) is 17.5 Å². The number of anilines is 1. The third-order valence-electron chi connectivity index (χ3n) is 8.70. The van der Waals surface area contributed by atoms with Gasteiger partial charge in [-0.1, -0.05) is 60.7 Å². The minimum atomic E-state index is -0.842. The van der Waals surface area contributed by atoms with Crippen molar-refractivity contribution >= 4 is 45.9 Å². The van der Waals surface area contributed by atoms with Crippen molar-refractivity contribution < 1.29 is 19.5 Å². The van der Waals surface area contributed by atoms with Crippen LogP contribution in [0.2, 0.25) is 0 Å². The SMILES string of the molecule is CNC(=O)[C@H]1[C@H]2C(=O)N([C@H](CO)c3ccccc3)C(C(=O)Nc3ccc4ccccc4c3)C23CC[C@]1(C)S3. The van der Waals surface area contributed by atoms with Crippen molar-refractivity contribution in [1.82, 2.24) is 10.2 Å². The van der Waals surface area contributed by atoms with E-state index in [0.717, 1.165) is 22.8 Å². The number of aliphatic hydroxyl groups is 1. The predicted octanol–water partition coefficient (Wildman–Crippen LogP) is 3.74. The number of hydrogen-bond donors (Lipinski definition) is 3. The highest BCUT2D eigenvalue weighted by Crippen LogP contribution is 2.72. The fraction of sp³-hybridized carbons (Fsp3) is 0.367. The van der Waals surface area contributed by atoms with E-state index in [2.05, 4.69) is 10.6 Å². The van der Waals surface area contributed by atoms with Crippen LogP contribution in [0.4, 0.5) is 5.69 Å². The topological polar surface area (TPSA) is 98.7 Å². The van der Waals surface area contributed by atoms with Crippen LogP contribution in [-0.4, -0.2) is 56.9 Å². The van der Waals surface area contributed by atoms with Crippen molar-refractivity contribution in [3.05, 3.63) is 78.4 Å². The molecule has 3 aliphatic heterocycles. The van der Waals surface area contributed by atoms with Crippen molar-refractivity contribution in [3.63, 3.8) is 0 Å². The first kappa shape index (κ1) is 24.9. The summed E-state index contributed by atoms with van der Waals surface area (Å²) in [6.45, 7) is 1.71. The number of fused-ring (bicyclic) bond motifs is 2. The maximum atomic E-state index is 14.3. The molecule has 3 heterocycles. The number of rotatable bonds is 6. The average Bonchev–Trinajstić information content (AvgIpc) is 3.50. The highest BCUT2D eigenvalue weighted by atomic mass is 32.2. The third-order valence-corrected chi connectivity index (χ3v) is 10.7. The monoisotopic (exact) mass is 529 g/mol. The molecule has 0 radical (unpaired) electrons. The van der Waals surface area contributed by atoms with Gasteiger partial charge in [-0.05, 0) is 48.2 Å². The van der Waals surface area contributed by atoms with Gasteiger partial charge in [0.1, 0.15) is 6.04 Å². The summed E-state index contributed by atoms with van der Waals surface area (Å²) >= 11 is 1.62. The molecule has 3 aromatic carbocycles. The number of thioether (sulfide) groups is 1. The van der Waals surface area contributed by atoms with Gasteiger partial charge >= 0.3 is 0 Å². The summed E-state index contributed by atoms with van der Waals surface area (Å²) in [7, 11) is 1.59. The van der Waals surface area contributed by atoms with Gasteiger partial charge in [-0.2, -0.15) is 0 Å². The van der Waals surface area contributed by atoms with E-state index in [1.165, 1.54) is 0 Å². The van der Waals surface area contributed by atoms with E-state index in [0.29, 0.717) is 12.1 Å². The molecule has 2 bridgehead atoms. The number of nitrogens with one attached hydrogen (secondary N) is 2. The molecule has 0 aromatic heterocycles. The molecule has 6 rings (SSSR count). The fourth-order valence-electron chi connectivity index (χ4n) is 7.06. The number of amides is 3. The van der Waals surface area contributed by atoms with Gasteiger partial charge in [-0.15, -0.1) is 11.8 Å². The number of carbonyl (C=O) groups is 3. The molecule has 8 heteroatoms. The minimum Gasteiger partial charge on any atom is -0.394 e. The van der Waals surface area contributed by atoms with Crippen molar-refractivity contribution in [1.29, 1.82) is 0 Å². The Kier molecular flexibility index (Phi) is 6.00. The number of nitrogens with zero attached hydrogens (tertiary/aromatic N) is 1. The predicted molar refractivity (Wildman–Crippen MR) is 148 cm³/mol. The lowest BCUT2D eigenvalue weighted by Gasteiger charge is -2.37. The second-order valence-electron chi connectivity index (χ2n) is 10.7. The molecule has 6 atom stereocenters. The molecule has 3 fully saturated rings. The number of benzene rings is 3. The Morgan fingerprint density at radius 3 is 2.45 bits per heavy atom. The van der Waals surface area contributed by atoms with Crippen molar-refractivity contribution in [3.8, 4) is 0 Å². The lowest BCUT2D eigenvalue weighted by molar-refractivity contribution is -0.142. The zero-order chi connectivity index (χ0) is 26.7. The molecule has 38 heavy (non-hydrogen) atoms. The van der Waals surface area contributed by atoms with E-state index >= 15 is 0 Å². The van der Waals surface area contributed by atoms with Gasteiger partial charge in [0.05, 0.1) is 29.2 Å². The van der Waals surface area contributed by atoms with Crippen LogP contribution in [0.1, 0.15) is 31.4 Å². The molecule has 3 N–H and O–H groups in total. The highest BCUT2D eigenvalue weighted by molar-refractivity contribution is 8.02. The van der Waals surface area contributed by atoms with E-state index in [1.54, 1.807) is 23.7 Å². The molecule has 0 saturated carbocycles. The summed E-state index contributed by atoms with van der Waals surface area (Å²) in [6, 6.07) is 21.5. The van der Waals surface area contributed by atoms with Crippen molar-refractivity contribution in [2.75, 3.05) is 19.0 Å². The lowest BCUT2D eigenvalue weighted by Crippen LogP contribution is -2.52. The molecular weight excluding hydrogens is 498 g/mol.